The second kappa shape index (κ2) is 37.8. The van der Waals surface area contributed by atoms with E-state index in [2.05, 4.69) is 172 Å². The predicted molar refractivity (Wildman–Crippen MR) is 478 cm³/mol. The highest BCUT2D eigenvalue weighted by atomic mass is 19.1. The molecule has 0 unspecified atom stereocenters. The quantitative estimate of drug-likeness (QED) is 0.0704. The summed E-state index contributed by atoms with van der Waals surface area (Å²) >= 11 is 0. The predicted octanol–water partition coefficient (Wildman–Crippen LogP) is 18.9. The molecule has 2 aliphatic carbocycles. The molecule has 5 N–H and O–H groups in total. The molecule has 0 radical (unpaired) electrons. The number of rotatable bonds is 19. The number of piperidine rings is 5. The first-order valence-corrected chi connectivity index (χ1v) is 47.4. The maximum atomic E-state index is 15.1. The molecule has 15 rings (SSSR count). The summed E-state index contributed by atoms with van der Waals surface area (Å²) in [4.78, 5) is 25.4. The van der Waals surface area contributed by atoms with Gasteiger partial charge in [-0.1, -0.05) is 70.1 Å². The number of hydrogen-bond donors (Lipinski definition) is 5. The molecule has 12 aliphatic rings. The van der Waals surface area contributed by atoms with E-state index in [1.165, 1.54) is 83.1 Å². The number of hydrogen-bond acceptors (Lipinski definition) is 21. The number of esters is 2. The second-order valence-corrected chi connectivity index (χ2v) is 46.7. The van der Waals surface area contributed by atoms with Gasteiger partial charge in [0.15, 0.2) is 40.5 Å². The van der Waals surface area contributed by atoms with Gasteiger partial charge in [0, 0.05) is 149 Å². The Hall–Kier alpha value is -4.47. The number of benzene rings is 3. The van der Waals surface area contributed by atoms with Gasteiger partial charge in [0.2, 0.25) is 0 Å². The molecular weight excluding hydrogens is 1560 g/mol. The molecule has 123 heavy (non-hydrogen) atoms. The Labute approximate surface area is 738 Å². The van der Waals surface area contributed by atoms with Crippen LogP contribution in [-0.4, -0.2) is 189 Å². The third-order valence-corrected chi connectivity index (χ3v) is 27.8. The smallest absolute Gasteiger partial charge is 0.338 e. The molecule has 10 aliphatic heterocycles. The SMILES string of the molecule is CC1(C)CC2(CC(C)(C)N1)OCC(COC(=O)c1ccc(C(=O)OCC3COC4(CC(C)(C)NC(C)(C)C4)OC3)cc1)CO2.CC1(C)CC2(CC(C)(C)N1)OCC(COc1ccc(-c3ccc(OCC4COC5(CC(C)(C)NC(C)(C)C5)OC4)c(F)c3)cc1)CO2.CCCC1CCC(C2CCC(CCC3COC4(CC(C)(C)NC(C)(C)C4)OC3)CC2)CC1. The van der Waals surface area contributed by atoms with Crippen molar-refractivity contribution in [3.8, 4) is 22.6 Å². The zero-order chi connectivity index (χ0) is 88.6. The summed E-state index contributed by atoms with van der Waals surface area (Å²) in [5.41, 5.74) is 1.80. The molecule has 3 aromatic carbocycles. The Morgan fingerprint density at radius 3 is 0.870 bits per heavy atom. The van der Waals surface area contributed by atoms with Gasteiger partial charge in [0.1, 0.15) is 5.75 Å². The van der Waals surface area contributed by atoms with E-state index in [1.54, 1.807) is 30.3 Å². The van der Waals surface area contributed by atoms with Crippen LogP contribution in [-0.2, 0) is 56.8 Å². The monoisotopic (exact) mass is 1720 g/mol. The lowest BCUT2D eigenvalue weighted by Crippen LogP contribution is -2.66. The van der Waals surface area contributed by atoms with Gasteiger partial charge in [0.25, 0.3) is 0 Å². The number of halogens is 1. The minimum atomic E-state index is -0.621. The van der Waals surface area contributed by atoms with Crippen molar-refractivity contribution in [1.29, 1.82) is 0 Å². The summed E-state index contributed by atoms with van der Waals surface area (Å²) < 4.78 is 102. The summed E-state index contributed by atoms with van der Waals surface area (Å²) in [6.07, 6.45) is 25.7. The number of ether oxygens (including phenoxy) is 14. The van der Waals surface area contributed by atoms with E-state index in [0.29, 0.717) is 83.1 Å². The van der Waals surface area contributed by atoms with E-state index in [4.69, 9.17) is 66.3 Å². The fraction of sp³-hybridized carbons (Fsp3) is 0.802. The third kappa shape index (κ3) is 26.7. The summed E-state index contributed by atoms with van der Waals surface area (Å²) in [6, 6.07) is 19.1. The molecule has 0 amide bonds. The van der Waals surface area contributed by atoms with Crippen LogP contribution in [0.5, 0.6) is 11.5 Å². The molecule has 0 atom stereocenters. The highest BCUT2D eigenvalue weighted by Crippen LogP contribution is 2.50. The first-order valence-electron chi connectivity index (χ1n) is 47.4. The lowest BCUT2D eigenvalue weighted by molar-refractivity contribution is -0.313. The lowest BCUT2D eigenvalue weighted by atomic mass is 9.68. The van der Waals surface area contributed by atoms with Gasteiger partial charge in [-0.25, -0.2) is 14.0 Å². The third-order valence-electron chi connectivity index (χ3n) is 27.8. The molecule has 10 heterocycles. The molecule has 2 saturated carbocycles. The summed E-state index contributed by atoms with van der Waals surface area (Å²) in [5, 5.41) is 18.4. The van der Waals surface area contributed by atoms with Crippen molar-refractivity contribution in [2.75, 3.05) is 92.5 Å². The average molecular weight is 1720 g/mol. The van der Waals surface area contributed by atoms with Crippen LogP contribution in [0.15, 0.2) is 66.7 Å². The van der Waals surface area contributed by atoms with E-state index < -0.39 is 40.9 Å². The van der Waals surface area contributed by atoms with Gasteiger partial charge in [-0.2, -0.15) is 0 Å². The molecule has 692 valence electrons. The van der Waals surface area contributed by atoms with Gasteiger partial charge in [0.05, 0.1) is 104 Å². The van der Waals surface area contributed by atoms with Crippen LogP contribution in [0.1, 0.15) is 307 Å². The van der Waals surface area contributed by atoms with Crippen LogP contribution in [0.3, 0.4) is 0 Å². The van der Waals surface area contributed by atoms with Crippen LogP contribution in [0, 0.1) is 59.1 Å². The van der Waals surface area contributed by atoms with Crippen molar-refractivity contribution in [3.05, 3.63) is 83.7 Å². The average Bonchev–Trinajstić information content (AvgIpc) is 0.780. The molecule has 0 bridgehead atoms. The minimum absolute atomic E-state index is 0.0325. The zero-order valence-electron chi connectivity index (χ0n) is 79.4. The maximum absolute atomic E-state index is 15.1. The van der Waals surface area contributed by atoms with Crippen molar-refractivity contribution in [2.24, 2.45) is 53.3 Å². The van der Waals surface area contributed by atoms with Crippen LogP contribution in [0.2, 0.25) is 0 Å². The van der Waals surface area contributed by atoms with Gasteiger partial charge in [-0.3, -0.25) is 0 Å². The van der Waals surface area contributed by atoms with Crippen molar-refractivity contribution in [3.63, 3.8) is 0 Å². The van der Waals surface area contributed by atoms with E-state index in [9.17, 15) is 9.59 Å². The number of carbonyl (C=O) groups is 2. The standard InChI is InChI=1S/C38H55FN2O6.C34H52N2O8.C29H53NO2/c1-33(2)22-37(23-34(3,4)40-33)44-18-26(19-45-37)16-42-30-12-9-28(10-13-30)29-11-14-32(31(39)15-29)43-17-27-20-46-38(47-21-27)24-35(5,6)41-36(7,8)25-38;1-29(2)19-33(20-30(3,4)35-29)41-15-23(16-42-33)13-39-27(37)25-9-11-26(12-10-25)28(38)40-14-24-17-43-34(44-18-24)21-31(5,6)36-32(7,8)22-34;1-6-7-22-10-14-25(15-11-22)26-16-12-23(13-17-26)8-9-24-18-31-29(32-19-24)20-27(2,3)30-28(4,5)21-29/h9-15,26-27,40-41H,16-25H2,1-8H3;9-12,23-24,35-36H,13-22H2,1-8H3;22-26,30H,6-21H2,1-5H3. The van der Waals surface area contributed by atoms with Crippen molar-refractivity contribution in [1.82, 2.24) is 26.6 Å². The minimum Gasteiger partial charge on any atom is -0.493 e. The van der Waals surface area contributed by atoms with Crippen molar-refractivity contribution >= 4 is 11.9 Å². The van der Waals surface area contributed by atoms with E-state index in [-0.39, 0.29) is 104 Å². The largest absolute Gasteiger partial charge is 0.493 e. The first-order chi connectivity index (χ1) is 57.5. The Morgan fingerprint density at radius 2 is 0.577 bits per heavy atom. The number of nitrogens with one attached hydrogen (secondary N) is 5. The fourth-order valence-electron chi connectivity index (χ4n) is 24.8. The van der Waals surface area contributed by atoms with E-state index in [0.717, 1.165) is 118 Å². The van der Waals surface area contributed by atoms with Gasteiger partial charge < -0.3 is 92.9 Å². The summed E-state index contributed by atoms with van der Waals surface area (Å²) in [6.45, 7) is 53.4. The molecule has 21 nitrogen and oxygen atoms in total. The molecule has 22 heteroatoms. The topological polar surface area (TPSA) is 224 Å². The van der Waals surface area contributed by atoms with Crippen molar-refractivity contribution in [2.45, 2.75) is 371 Å². The van der Waals surface area contributed by atoms with Gasteiger partial charge in [-0.15, -0.1) is 0 Å². The lowest BCUT2D eigenvalue weighted by Gasteiger charge is -2.54. The normalized spacial score (nSPS) is 29.4. The summed E-state index contributed by atoms with van der Waals surface area (Å²) in [5.74, 6) is 1.72. The zero-order valence-corrected chi connectivity index (χ0v) is 79.4. The highest BCUT2D eigenvalue weighted by molar-refractivity contribution is 5.93. The maximum Gasteiger partial charge on any atom is 0.338 e. The first kappa shape index (κ1) is 96.1. The van der Waals surface area contributed by atoms with E-state index in [1.807, 2.05) is 30.3 Å². The molecule has 0 aromatic heterocycles. The van der Waals surface area contributed by atoms with Crippen molar-refractivity contribution < 1.29 is 80.3 Å². The number of carbonyl (C=O) groups excluding carboxylic acids is 2. The Morgan fingerprint density at radius 1 is 0.317 bits per heavy atom. The molecule has 12 fully saturated rings. The fourth-order valence-corrected chi connectivity index (χ4v) is 24.8. The molecular formula is C101H160FN5O16. The summed E-state index contributed by atoms with van der Waals surface area (Å²) in [7, 11) is 0. The highest BCUT2D eigenvalue weighted by Gasteiger charge is 2.57. The van der Waals surface area contributed by atoms with E-state index >= 15 is 4.39 Å². The Balaban J connectivity index is 0.000000162. The Kier molecular flexibility index (Phi) is 29.5. The molecule has 3 aromatic rings. The van der Waals surface area contributed by atoms with Crippen LogP contribution >= 0.6 is 0 Å². The van der Waals surface area contributed by atoms with Crippen LogP contribution in [0.4, 0.5) is 4.39 Å². The van der Waals surface area contributed by atoms with Gasteiger partial charge in [-0.05, 0) is 254 Å². The molecule has 5 spiro atoms. The van der Waals surface area contributed by atoms with Crippen LogP contribution < -0.4 is 36.1 Å². The van der Waals surface area contributed by atoms with Crippen LogP contribution in [0.25, 0.3) is 11.1 Å². The molecule has 10 saturated heterocycles. The second-order valence-electron chi connectivity index (χ2n) is 46.7. The Bertz CT molecular complexity index is 3750. The van der Waals surface area contributed by atoms with Gasteiger partial charge >= 0.3 is 11.9 Å².